The predicted molar refractivity (Wildman–Crippen MR) is 60.7 cm³/mol. The fourth-order valence-electron chi connectivity index (χ4n) is 2.25. The lowest BCUT2D eigenvalue weighted by molar-refractivity contribution is 0.266. The number of rotatable bonds is 3. The van der Waals surface area contributed by atoms with Crippen molar-refractivity contribution in [1.29, 1.82) is 0 Å². The predicted octanol–water partition coefficient (Wildman–Crippen LogP) is 0.392. The Balaban J connectivity index is 2.36. The molecule has 1 aromatic heterocycles. The summed E-state index contributed by atoms with van der Waals surface area (Å²) in [7, 11) is 2.16. The molecule has 1 aliphatic rings. The maximum atomic E-state index is 5.62. The van der Waals surface area contributed by atoms with E-state index in [4.69, 9.17) is 10.7 Å². The molecular weight excluding hydrogens is 188 g/mol. The van der Waals surface area contributed by atoms with Crippen LogP contribution in [0.3, 0.4) is 0 Å². The summed E-state index contributed by atoms with van der Waals surface area (Å²) in [6.07, 6.45) is 1.92. The monoisotopic (exact) mass is 208 g/mol. The van der Waals surface area contributed by atoms with Crippen LogP contribution in [0.25, 0.3) is 0 Å². The lowest BCUT2D eigenvalue weighted by atomic mass is 10.2. The molecule has 4 heteroatoms. The van der Waals surface area contributed by atoms with E-state index in [1.807, 2.05) is 0 Å². The molecular formula is C11H20N4. The number of nitrogens with two attached hydrogens (primary N) is 1. The lowest BCUT2D eigenvalue weighted by Crippen LogP contribution is -2.31. The van der Waals surface area contributed by atoms with Gasteiger partial charge in [-0.3, -0.25) is 4.90 Å². The molecule has 84 valence electrons. The molecule has 1 aliphatic heterocycles. The second-order valence-corrected chi connectivity index (χ2v) is 4.20. The molecule has 0 amide bonds. The van der Waals surface area contributed by atoms with E-state index in [2.05, 4.69) is 23.4 Å². The van der Waals surface area contributed by atoms with Crippen LogP contribution in [0.15, 0.2) is 0 Å². The third-order valence-electron chi connectivity index (χ3n) is 3.06. The number of hydrogen-bond acceptors (Lipinski definition) is 3. The van der Waals surface area contributed by atoms with Crippen LogP contribution in [0.2, 0.25) is 0 Å². The maximum absolute atomic E-state index is 5.62. The van der Waals surface area contributed by atoms with Crippen LogP contribution in [-0.4, -0.2) is 34.6 Å². The number of aryl methyl sites for hydroxylation is 1. The highest BCUT2D eigenvalue weighted by atomic mass is 15.2. The zero-order valence-electron chi connectivity index (χ0n) is 9.66. The van der Waals surface area contributed by atoms with Crippen LogP contribution in [-0.2, 0) is 25.9 Å². The van der Waals surface area contributed by atoms with Crippen molar-refractivity contribution in [3.05, 3.63) is 17.2 Å². The summed E-state index contributed by atoms with van der Waals surface area (Å²) < 4.78 is 2.38. The summed E-state index contributed by atoms with van der Waals surface area (Å²) in [5.41, 5.74) is 8.21. The van der Waals surface area contributed by atoms with E-state index in [9.17, 15) is 0 Å². The first kappa shape index (κ1) is 10.6. The molecule has 0 saturated carbocycles. The average molecular weight is 208 g/mol. The molecule has 0 atom stereocenters. The van der Waals surface area contributed by atoms with E-state index in [1.54, 1.807) is 0 Å². The van der Waals surface area contributed by atoms with Gasteiger partial charge in [-0.1, -0.05) is 6.92 Å². The summed E-state index contributed by atoms with van der Waals surface area (Å²) in [5, 5.41) is 0. The fourth-order valence-corrected chi connectivity index (χ4v) is 2.25. The fraction of sp³-hybridized carbons (Fsp3) is 0.727. The van der Waals surface area contributed by atoms with Gasteiger partial charge in [0.25, 0.3) is 0 Å². The smallest absolute Gasteiger partial charge is 0.108 e. The topological polar surface area (TPSA) is 47.1 Å². The average Bonchev–Trinajstić information content (AvgIpc) is 2.57. The van der Waals surface area contributed by atoms with Crippen molar-refractivity contribution in [2.24, 2.45) is 5.73 Å². The number of aromatic nitrogens is 2. The van der Waals surface area contributed by atoms with Gasteiger partial charge in [0.1, 0.15) is 5.82 Å². The highest BCUT2D eigenvalue weighted by Crippen LogP contribution is 2.19. The highest BCUT2D eigenvalue weighted by Gasteiger charge is 2.20. The molecule has 0 spiro atoms. The Morgan fingerprint density at radius 3 is 2.87 bits per heavy atom. The van der Waals surface area contributed by atoms with E-state index < -0.39 is 0 Å². The summed E-state index contributed by atoms with van der Waals surface area (Å²) in [6.45, 7) is 6.07. The van der Waals surface area contributed by atoms with Gasteiger partial charge in [0, 0.05) is 32.5 Å². The minimum atomic E-state index is 0.691. The standard InChI is InChI=1S/C11H20N4/c1-3-11-13-9(4-5-12)10-8-14(2)6-7-15(10)11/h3-8,12H2,1-2H3. The largest absolute Gasteiger partial charge is 0.330 e. The van der Waals surface area contributed by atoms with Crippen molar-refractivity contribution in [2.45, 2.75) is 32.9 Å². The van der Waals surface area contributed by atoms with Gasteiger partial charge < -0.3 is 10.3 Å². The Hall–Kier alpha value is -0.870. The molecule has 0 aromatic carbocycles. The zero-order chi connectivity index (χ0) is 10.8. The van der Waals surface area contributed by atoms with Gasteiger partial charge in [-0.15, -0.1) is 0 Å². The normalized spacial score (nSPS) is 16.7. The Kier molecular flexibility index (Phi) is 3.07. The third kappa shape index (κ3) is 1.92. The molecule has 4 nitrogen and oxygen atoms in total. The number of nitrogens with zero attached hydrogens (tertiary/aromatic N) is 3. The SMILES string of the molecule is CCc1nc(CCN)c2n1CCN(C)C2. The van der Waals surface area contributed by atoms with Gasteiger partial charge in [0.15, 0.2) is 0 Å². The van der Waals surface area contributed by atoms with Crippen LogP contribution < -0.4 is 5.73 Å². The molecule has 0 fully saturated rings. The Morgan fingerprint density at radius 1 is 1.40 bits per heavy atom. The highest BCUT2D eigenvalue weighted by molar-refractivity contribution is 5.19. The van der Waals surface area contributed by atoms with Crippen LogP contribution >= 0.6 is 0 Å². The van der Waals surface area contributed by atoms with Gasteiger partial charge in [-0.05, 0) is 13.6 Å². The van der Waals surface area contributed by atoms with Crippen molar-refractivity contribution in [3.63, 3.8) is 0 Å². The first-order chi connectivity index (χ1) is 7.26. The number of fused-ring (bicyclic) bond motifs is 1. The van der Waals surface area contributed by atoms with E-state index in [1.165, 1.54) is 17.2 Å². The molecule has 0 unspecified atom stereocenters. The minimum Gasteiger partial charge on any atom is -0.330 e. The molecule has 15 heavy (non-hydrogen) atoms. The Labute approximate surface area is 91.1 Å². The lowest BCUT2D eigenvalue weighted by Gasteiger charge is -2.25. The van der Waals surface area contributed by atoms with Gasteiger partial charge in [0.05, 0.1) is 11.4 Å². The van der Waals surface area contributed by atoms with Crippen LogP contribution in [0.5, 0.6) is 0 Å². The summed E-state index contributed by atoms with van der Waals surface area (Å²) in [6, 6.07) is 0. The minimum absolute atomic E-state index is 0.691. The maximum Gasteiger partial charge on any atom is 0.108 e. The van der Waals surface area contributed by atoms with Crippen LogP contribution in [0.4, 0.5) is 0 Å². The second-order valence-electron chi connectivity index (χ2n) is 4.20. The van der Waals surface area contributed by atoms with Crippen LogP contribution in [0.1, 0.15) is 24.1 Å². The zero-order valence-corrected chi connectivity index (χ0v) is 9.66. The Morgan fingerprint density at radius 2 is 2.20 bits per heavy atom. The molecule has 0 saturated heterocycles. The van der Waals surface area contributed by atoms with Crippen molar-refractivity contribution in [1.82, 2.24) is 14.5 Å². The molecule has 1 aromatic rings. The molecule has 2 N–H and O–H groups in total. The molecule has 0 bridgehead atoms. The van der Waals surface area contributed by atoms with Crippen molar-refractivity contribution in [3.8, 4) is 0 Å². The van der Waals surface area contributed by atoms with Crippen LogP contribution in [0, 0.1) is 0 Å². The summed E-state index contributed by atoms with van der Waals surface area (Å²) in [5.74, 6) is 1.22. The molecule has 0 radical (unpaired) electrons. The first-order valence-corrected chi connectivity index (χ1v) is 5.72. The third-order valence-corrected chi connectivity index (χ3v) is 3.06. The summed E-state index contributed by atoms with van der Waals surface area (Å²) in [4.78, 5) is 7.03. The van der Waals surface area contributed by atoms with Gasteiger partial charge >= 0.3 is 0 Å². The second kappa shape index (κ2) is 4.33. The van der Waals surface area contributed by atoms with E-state index >= 15 is 0 Å². The molecule has 2 rings (SSSR count). The van der Waals surface area contributed by atoms with Crippen molar-refractivity contribution < 1.29 is 0 Å². The number of imidazole rings is 1. The number of likely N-dealkylation sites (N-methyl/N-ethyl adjacent to an activating group) is 1. The van der Waals surface area contributed by atoms with Crippen molar-refractivity contribution in [2.75, 3.05) is 20.1 Å². The number of hydrogen-bond donors (Lipinski definition) is 1. The van der Waals surface area contributed by atoms with E-state index in [0.717, 1.165) is 32.5 Å². The quantitative estimate of drug-likeness (QED) is 0.782. The van der Waals surface area contributed by atoms with Gasteiger partial charge in [0.2, 0.25) is 0 Å². The van der Waals surface area contributed by atoms with Gasteiger partial charge in [-0.25, -0.2) is 4.98 Å². The van der Waals surface area contributed by atoms with E-state index in [0.29, 0.717) is 6.54 Å². The molecule has 0 aliphatic carbocycles. The van der Waals surface area contributed by atoms with E-state index in [-0.39, 0.29) is 0 Å². The van der Waals surface area contributed by atoms with Gasteiger partial charge in [-0.2, -0.15) is 0 Å². The summed E-state index contributed by atoms with van der Waals surface area (Å²) >= 11 is 0. The first-order valence-electron chi connectivity index (χ1n) is 5.72. The molecule has 2 heterocycles. The Bertz CT molecular complexity index is 343. The van der Waals surface area contributed by atoms with Crippen molar-refractivity contribution >= 4 is 0 Å².